The Labute approximate surface area is 152 Å². The molecule has 0 spiro atoms. The van der Waals surface area contributed by atoms with Crippen molar-refractivity contribution in [2.45, 2.75) is 32.4 Å². The van der Waals surface area contributed by atoms with Gasteiger partial charge in [-0.15, -0.1) is 11.3 Å². The van der Waals surface area contributed by atoms with Crippen molar-refractivity contribution in [1.82, 2.24) is 4.90 Å². The molecule has 25 heavy (non-hydrogen) atoms. The van der Waals surface area contributed by atoms with E-state index in [-0.39, 0.29) is 6.61 Å². The molecule has 0 bridgehead atoms. The van der Waals surface area contributed by atoms with Crippen LogP contribution in [0.2, 0.25) is 0 Å². The highest BCUT2D eigenvalue weighted by molar-refractivity contribution is 7.10. The summed E-state index contributed by atoms with van der Waals surface area (Å²) in [6.45, 7) is 4.01. The number of thiophene rings is 1. The number of amides is 1. The minimum atomic E-state index is -0.503. The number of ether oxygens (including phenoxy) is 2. The van der Waals surface area contributed by atoms with Crippen molar-refractivity contribution < 1.29 is 14.3 Å². The monoisotopic (exact) mass is 360 g/mol. The summed E-state index contributed by atoms with van der Waals surface area (Å²) in [5, 5.41) is 2.20. The van der Waals surface area contributed by atoms with Gasteiger partial charge >= 0.3 is 0 Å². The van der Waals surface area contributed by atoms with Gasteiger partial charge in [0.25, 0.3) is 5.91 Å². The number of hydrogen-bond donors (Lipinski definition) is 1. The molecule has 1 unspecified atom stereocenters. The van der Waals surface area contributed by atoms with E-state index in [2.05, 4.69) is 23.3 Å². The largest absolute Gasteiger partial charge is 0.493 e. The van der Waals surface area contributed by atoms with Gasteiger partial charge in [0.1, 0.15) is 0 Å². The Morgan fingerprint density at radius 1 is 1.36 bits per heavy atom. The molecule has 0 saturated carbocycles. The average Bonchev–Trinajstić information content (AvgIpc) is 3.09. The van der Waals surface area contributed by atoms with Crippen LogP contribution in [0.4, 0.5) is 0 Å². The molecule has 0 aliphatic carbocycles. The highest BCUT2D eigenvalue weighted by Gasteiger charge is 2.27. The molecule has 2 heterocycles. The topological polar surface area (TPSA) is 64.8 Å². The molecular weight excluding hydrogens is 336 g/mol. The van der Waals surface area contributed by atoms with Crippen LogP contribution in [-0.4, -0.2) is 31.1 Å². The van der Waals surface area contributed by atoms with Crippen molar-refractivity contribution in [2.75, 3.05) is 20.3 Å². The van der Waals surface area contributed by atoms with E-state index < -0.39 is 5.91 Å². The molecule has 1 amide bonds. The molecule has 2 aromatic rings. The van der Waals surface area contributed by atoms with Gasteiger partial charge in [-0.1, -0.05) is 13.0 Å². The van der Waals surface area contributed by atoms with Crippen LogP contribution < -0.4 is 15.2 Å². The van der Waals surface area contributed by atoms with Gasteiger partial charge in [-0.25, -0.2) is 0 Å². The molecular formula is C19H24N2O3S. The summed E-state index contributed by atoms with van der Waals surface area (Å²) in [7, 11) is 1.60. The first kappa shape index (κ1) is 17.8. The molecule has 134 valence electrons. The minimum absolute atomic E-state index is 0.152. The first-order valence-corrected chi connectivity index (χ1v) is 9.38. The second-order valence-electron chi connectivity index (χ2n) is 6.18. The normalized spacial score (nSPS) is 17.1. The number of fused-ring (bicyclic) bond motifs is 1. The standard InChI is InChI=1S/C19H24N2O3S/c1-3-15-14-7-9-25-18(14)6-8-21(15)11-13-4-5-16(17(10-13)23-2)24-12-19(20)22/h4-5,7,9-10,15H,3,6,8,11-12H2,1-2H3,(H2,20,22). The van der Waals surface area contributed by atoms with Crippen LogP contribution in [0, 0.1) is 0 Å². The van der Waals surface area contributed by atoms with Crippen molar-refractivity contribution in [1.29, 1.82) is 0 Å². The first-order chi connectivity index (χ1) is 12.1. The van der Waals surface area contributed by atoms with Gasteiger partial charge in [0, 0.05) is 24.0 Å². The number of rotatable bonds is 7. The molecule has 1 atom stereocenters. The molecule has 1 aliphatic rings. The lowest BCUT2D eigenvalue weighted by Gasteiger charge is -2.35. The Balaban J connectivity index is 1.75. The third kappa shape index (κ3) is 3.96. The molecule has 0 radical (unpaired) electrons. The van der Waals surface area contributed by atoms with E-state index in [0.717, 1.165) is 25.9 Å². The van der Waals surface area contributed by atoms with Crippen molar-refractivity contribution in [3.63, 3.8) is 0 Å². The van der Waals surface area contributed by atoms with E-state index in [1.54, 1.807) is 7.11 Å². The first-order valence-electron chi connectivity index (χ1n) is 8.50. The maximum Gasteiger partial charge on any atom is 0.255 e. The summed E-state index contributed by atoms with van der Waals surface area (Å²) >= 11 is 1.87. The van der Waals surface area contributed by atoms with Gasteiger partial charge < -0.3 is 15.2 Å². The zero-order valence-electron chi connectivity index (χ0n) is 14.7. The molecule has 1 aliphatic heterocycles. The smallest absolute Gasteiger partial charge is 0.255 e. The van der Waals surface area contributed by atoms with E-state index in [1.165, 1.54) is 16.0 Å². The number of carbonyl (C=O) groups is 1. The molecule has 0 saturated heterocycles. The average molecular weight is 360 g/mol. The van der Waals surface area contributed by atoms with Crippen molar-refractivity contribution in [3.05, 3.63) is 45.6 Å². The summed E-state index contributed by atoms with van der Waals surface area (Å²) in [6.07, 6.45) is 2.21. The molecule has 1 aromatic heterocycles. The molecule has 1 aromatic carbocycles. The van der Waals surface area contributed by atoms with Crippen LogP contribution in [0.15, 0.2) is 29.6 Å². The van der Waals surface area contributed by atoms with Crippen molar-refractivity contribution in [2.24, 2.45) is 5.73 Å². The van der Waals surface area contributed by atoms with Crippen LogP contribution >= 0.6 is 11.3 Å². The predicted molar refractivity (Wildman–Crippen MR) is 99.1 cm³/mol. The van der Waals surface area contributed by atoms with E-state index in [4.69, 9.17) is 15.2 Å². The zero-order chi connectivity index (χ0) is 17.8. The van der Waals surface area contributed by atoms with Crippen LogP contribution in [0.5, 0.6) is 11.5 Å². The summed E-state index contributed by atoms with van der Waals surface area (Å²) < 4.78 is 10.8. The Bertz CT molecular complexity index is 744. The van der Waals surface area contributed by atoms with E-state index in [9.17, 15) is 4.79 Å². The lowest BCUT2D eigenvalue weighted by molar-refractivity contribution is -0.119. The fourth-order valence-corrected chi connectivity index (χ4v) is 4.36. The second kappa shape index (κ2) is 7.89. The van der Waals surface area contributed by atoms with Gasteiger partial charge in [-0.3, -0.25) is 9.69 Å². The third-order valence-corrected chi connectivity index (χ3v) is 5.57. The summed E-state index contributed by atoms with van der Waals surface area (Å²) in [4.78, 5) is 14.9. The second-order valence-corrected chi connectivity index (χ2v) is 7.18. The number of methoxy groups -OCH3 is 1. The molecule has 0 fully saturated rings. The molecule has 3 rings (SSSR count). The van der Waals surface area contributed by atoms with Gasteiger partial charge in [0.15, 0.2) is 18.1 Å². The fourth-order valence-electron chi connectivity index (χ4n) is 3.43. The number of hydrogen-bond acceptors (Lipinski definition) is 5. The zero-order valence-corrected chi connectivity index (χ0v) is 15.5. The number of primary amides is 1. The quantitative estimate of drug-likeness (QED) is 0.824. The maximum absolute atomic E-state index is 10.9. The predicted octanol–water partition coefficient (Wildman–Crippen LogP) is 3.13. The van der Waals surface area contributed by atoms with Gasteiger partial charge in [0.2, 0.25) is 0 Å². The Morgan fingerprint density at radius 3 is 2.92 bits per heavy atom. The number of nitrogens with zero attached hydrogens (tertiary/aromatic N) is 1. The third-order valence-electron chi connectivity index (χ3n) is 4.58. The van der Waals surface area contributed by atoms with Gasteiger partial charge in [0.05, 0.1) is 7.11 Å². The molecule has 2 N–H and O–H groups in total. The van der Waals surface area contributed by atoms with E-state index in [0.29, 0.717) is 17.5 Å². The van der Waals surface area contributed by atoms with Gasteiger partial charge in [-0.05, 0) is 47.5 Å². The minimum Gasteiger partial charge on any atom is -0.493 e. The maximum atomic E-state index is 10.9. The molecule has 5 nitrogen and oxygen atoms in total. The van der Waals surface area contributed by atoms with Crippen molar-refractivity contribution in [3.8, 4) is 11.5 Å². The van der Waals surface area contributed by atoms with Crippen molar-refractivity contribution >= 4 is 17.2 Å². The Morgan fingerprint density at radius 2 is 2.20 bits per heavy atom. The Kier molecular flexibility index (Phi) is 5.60. The van der Waals surface area contributed by atoms with E-state index >= 15 is 0 Å². The summed E-state index contributed by atoms with van der Waals surface area (Å²) in [5.74, 6) is 0.660. The van der Waals surface area contributed by atoms with E-state index in [1.807, 2.05) is 29.5 Å². The summed E-state index contributed by atoms with van der Waals surface area (Å²) in [6, 6.07) is 8.58. The van der Waals surface area contributed by atoms with Crippen LogP contribution in [0.1, 0.15) is 35.4 Å². The van der Waals surface area contributed by atoms with Crippen LogP contribution in [-0.2, 0) is 17.8 Å². The lowest BCUT2D eigenvalue weighted by Crippen LogP contribution is -2.33. The molecule has 6 heteroatoms. The highest BCUT2D eigenvalue weighted by atomic mass is 32.1. The Hall–Kier alpha value is -2.05. The van der Waals surface area contributed by atoms with Gasteiger partial charge in [-0.2, -0.15) is 0 Å². The number of nitrogens with two attached hydrogens (primary N) is 1. The fraction of sp³-hybridized carbons (Fsp3) is 0.421. The van der Waals surface area contributed by atoms with Crippen LogP contribution in [0.3, 0.4) is 0 Å². The lowest BCUT2D eigenvalue weighted by atomic mass is 9.97. The summed E-state index contributed by atoms with van der Waals surface area (Å²) in [5.41, 5.74) is 7.78. The number of benzene rings is 1. The van der Waals surface area contributed by atoms with Crippen LogP contribution in [0.25, 0.3) is 0 Å². The SMILES string of the molecule is CCC1c2ccsc2CCN1Cc1ccc(OCC(N)=O)c(OC)c1. The highest BCUT2D eigenvalue weighted by Crippen LogP contribution is 2.37. The number of carbonyl (C=O) groups excluding carboxylic acids is 1.